The third kappa shape index (κ3) is 3.53. The summed E-state index contributed by atoms with van der Waals surface area (Å²) in [5.41, 5.74) is 4.35. The summed E-state index contributed by atoms with van der Waals surface area (Å²) in [4.78, 5) is 14.7. The van der Waals surface area contributed by atoms with Crippen LogP contribution < -0.4 is 5.32 Å². The smallest absolute Gasteiger partial charge is 0.269 e. The number of hydrogen-bond donors (Lipinski definition) is 1. The molecule has 0 saturated heterocycles. The number of nitro benzene ring substituents is 1. The van der Waals surface area contributed by atoms with E-state index >= 15 is 0 Å². The van der Waals surface area contributed by atoms with Crippen molar-refractivity contribution in [3.63, 3.8) is 0 Å². The Bertz CT molecular complexity index is 744. The Morgan fingerprint density at radius 2 is 2.09 bits per heavy atom. The molecule has 0 radical (unpaired) electrons. The minimum absolute atomic E-state index is 0.106. The van der Waals surface area contributed by atoms with Gasteiger partial charge in [0, 0.05) is 29.7 Å². The molecule has 0 saturated carbocycles. The van der Waals surface area contributed by atoms with Gasteiger partial charge in [-0.05, 0) is 47.2 Å². The minimum Gasteiger partial charge on any atom is -0.368 e. The summed E-state index contributed by atoms with van der Waals surface area (Å²) in [6, 6.07) is 10.8. The molecule has 1 aliphatic heterocycles. The molecule has 6 heteroatoms. The van der Waals surface area contributed by atoms with Crippen LogP contribution in [0, 0.1) is 10.1 Å². The zero-order valence-electron chi connectivity index (χ0n) is 12.7. The zero-order chi connectivity index (χ0) is 16.2. The molecule has 1 atom stereocenters. The first-order chi connectivity index (χ1) is 11.2. The highest BCUT2D eigenvalue weighted by molar-refractivity contribution is 8.02. The number of nitrogens with zero attached hydrogens (tertiary/aromatic N) is 2. The summed E-state index contributed by atoms with van der Waals surface area (Å²) in [6.07, 6.45) is 3.91. The number of benzene rings is 1. The molecule has 1 aromatic heterocycles. The van der Waals surface area contributed by atoms with Crippen LogP contribution in [0.1, 0.15) is 35.5 Å². The molecule has 118 valence electrons. The van der Waals surface area contributed by atoms with E-state index in [1.54, 1.807) is 23.9 Å². The van der Waals surface area contributed by atoms with E-state index in [0.29, 0.717) is 0 Å². The number of nitro groups is 1. The van der Waals surface area contributed by atoms with Gasteiger partial charge >= 0.3 is 0 Å². The molecule has 3 rings (SSSR count). The van der Waals surface area contributed by atoms with Crippen LogP contribution in [-0.4, -0.2) is 9.91 Å². The number of aryl methyl sites for hydroxylation is 1. The Labute approximate surface area is 139 Å². The quantitative estimate of drug-likeness (QED) is 0.656. The molecular weight excluding hydrogens is 310 g/mol. The first kappa shape index (κ1) is 15.6. The van der Waals surface area contributed by atoms with E-state index in [-0.39, 0.29) is 16.0 Å². The predicted molar refractivity (Wildman–Crippen MR) is 92.8 cm³/mol. The summed E-state index contributed by atoms with van der Waals surface area (Å²) < 4.78 is 0. The molecule has 1 aliphatic rings. The molecule has 0 spiro atoms. The van der Waals surface area contributed by atoms with Crippen molar-refractivity contribution in [2.24, 2.45) is 0 Å². The Balaban J connectivity index is 1.72. The van der Waals surface area contributed by atoms with Crippen LogP contribution in [-0.2, 0) is 6.42 Å². The van der Waals surface area contributed by atoms with Crippen LogP contribution in [0.4, 0.5) is 5.69 Å². The number of thioether (sulfide) groups is 1. The number of aromatic nitrogens is 1. The molecule has 2 heterocycles. The highest BCUT2D eigenvalue weighted by Crippen LogP contribution is 2.37. The lowest BCUT2D eigenvalue weighted by molar-refractivity contribution is -0.384. The second-order valence-corrected chi connectivity index (χ2v) is 6.31. The molecule has 0 aliphatic carbocycles. The van der Waals surface area contributed by atoms with Gasteiger partial charge in [0.2, 0.25) is 0 Å². The van der Waals surface area contributed by atoms with E-state index in [9.17, 15) is 10.1 Å². The molecule has 1 N–H and O–H groups in total. The van der Waals surface area contributed by atoms with Crippen LogP contribution in [0.15, 0.2) is 48.0 Å². The Kier molecular flexibility index (Phi) is 4.62. The Morgan fingerprint density at radius 3 is 2.78 bits per heavy atom. The van der Waals surface area contributed by atoms with Crippen molar-refractivity contribution in [1.82, 2.24) is 10.3 Å². The monoisotopic (exact) mass is 327 g/mol. The fourth-order valence-corrected chi connectivity index (χ4v) is 3.45. The molecule has 0 amide bonds. The van der Waals surface area contributed by atoms with Crippen molar-refractivity contribution >= 4 is 23.1 Å². The van der Waals surface area contributed by atoms with Crippen LogP contribution in [0.3, 0.4) is 0 Å². The lowest BCUT2D eigenvalue weighted by atomic mass is 10.1. The molecule has 1 unspecified atom stereocenters. The largest absolute Gasteiger partial charge is 0.368 e. The second-order valence-electron chi connectivity index (χ2n) is 5.33. The van der Waals surface area contributed by atoms with Crippen molar-refractivity contribution < 1.29 is 4.92 Å². The van der Waals surface area contributed by atoms with Gasteiger partial charge in [-0.3, -0.25) is 15.1 Å². The number of hydrogen-bond acceptors (Lipinski definition) is 5. The van der Waals surface area contributed by atoms with Crippen molar-refractivity contribution in [2.75, 3.05) is 0 Å². The molecule has 0 bridgehead atoms. The average Bonchev–Trinajstić information content (AvgIpc) is 3.05. The average molecular weight is 327 g/mol. The highest BCUT2D eigenvalue weighted by Gasteiger charge is 2.20. The summed E-state index contributed by atoms with van der Waals surface area (Å²) in [5, 5.41) is 16.4. The number of non-ortho nitro benzene ring substituents is 1. The van der Waals surface area contributed by atoms with Crippen molar-refractivity contribution in [3.05, 3.63) is 74.9 Å². The fourth-order valence-electron chi connectivity index (χ4n) is 2.47. The van der Waals surface area contributed by atoms with E-state index < -0.39 is 0 Å². The summed E-state index contributed by atoms with van der Waals surface area (Å²) in [7, 11) is 0. The maximum atomic E-state index is 10.7. The highest BCUT2D eigenvalue weighted by atomic mass is 32.2. The van der Waals surface area contributed by atoms with Crippen molar-refractivity contribution in [2.45, 2.75) is 25.1 Å². The number of rotatable bonds is 5. The predicted octanol–water partition coefficient (Wildman–Crippen LogP) is 4.28. The van der Waals surface area contributed by atoms with E-state index in [1.165, 1.54) is 17.7 Å². The van der Waals surface area contributed by atoms with Gasteiger partial charge in [0.05, 0.1) is 4.92 Å². The van der Waals surface area contributed by atoms with Crippen molar-refractivity contribution in [3.8, 4) is 0 Å². The van der Waals surface area contributed by atoms with Gasteiger partial charge in [-0.1, -0.05) is 13.3 Å². The molecule has 23 heavy (non-hydrogen) atoms. The van der Waals surface area contributed by atoms with Gasteiger partial charge in [0.1, 0.15) is 5.37 Å². The minimum atomic E-state index is -0.385. The lowest BCUT2D eigenvalue weighted by Gasteiger charge is -2.14. The molecule has 2 aromatic rings. The summed E-state index contributed by atoms with van der Waals surface area (Å²) >= 11 is 1.70. The van der Waals surface area contributed by atoms with E-state index in [1.807, 2.05) is 12.3 Å². The molecule has 5 nitrogen and oxygen atoms in total. The fraction of sp³-hybridized carbons (Fsp3) is 0.235. The molecule has 0 fully saturated rings. The van der Waals surface area contributed by atoms with Crippen LogP contribution in [0.2, 0.25) is 0 Å². The third-order valence-electron chi connectivity index (χ3n) is 3.65. The SMILES string of the molecule is CCCc1cc(C2NC(c3ccc([N+](=O)[O-])cc3)=CS2)ccn1. The van der Waals surface area contributed by atoms with Gasteiger partial charge in [0.25, 0.3) is 5.69 Å². The van der Waals surface area contributed by atoms with Crippen LogP contribution in [0.5, 0.6) is 0 Å². The summed E-state index contributed by atoms with van der Waals surface area (Å²) in [6.45, 7) is 2.14. The van der Waals surface area contributed by atoms with Gasteiger partial charge in [0.15, 0.2) is 0 Å². The van der Waals surface area contributed by atoms with E-state index in [2.05, 4.69) is 28.7 Å². The Morgan fingerprint density at radius 1 is 1.30 bits per heavy atom. The van der Waals surface area contributed by atoms with E-state index in [0.717, 1.165) is 29.8 Å². The Hall–Kier alpha value is -2.34. The maximum absolute atomic E-state index is 10.7. The van der Waals surface area contributed by atoms with Crippen molar-refractivity contribution in [1.29, 1.82) is 0 Å². The number of pyridine rings is 1. The van der Waals surface area contributed by atoms with Crippen LogP contribution >= 0.6 is 11.8 Å². The van der Waals surface area contributed by atoms with Gasteiger partial charge in [-0.15, -0.1) is 11.8 Å². The van der Waals surface area contributed by atoms with E-state index in [4.69, 9.17) is 0 Å². The topological polar surface area (TPSA) is 68.1 Å². The van der Waals surface area contributed by atoms with Gasteiger partial charge in [-0.25, -0.2) is 0 Å². The van der Waals surface area contributed by atoms with Crippen LogP contribution in [0.25, 0.3) is 5.70 Å². The first-order valence-electron chi connectivity index (χ1n) is 7.49. The number of nitrogens with one attached hydrogen (secondary N) is 1. The molecule has 1 aromatic carbocycles. The first-order valence-corrected chi connectivity index (χ1v) is 8.43. The third-order valence-corrected chi connectivity index (χ3v) is 4.68. The second kappa shape index (κ2) is 6.83. The maximum Gasteiger partial charge on any atom is 0.269 e. The lowest BCUT2D eigenvalue weighted by Crippen LogP contribution is -2.12. The normalized spacial score (nSPS) is 16.7. The molecular formula is C17H17N3O2S. The standard InChI is InChI=1S/C17H17N3O2S/c1-2-3-14-10-13(8-9-18-14)17-19-16(11-23-17)12-4-6-15(7-5-12)20(21)22/h4-11,17,19H,2-3H2,1H3. The summed E-state index contributed by atoms with van der Waals surface area (Å²) in [5.74, 6) is 0. The van der Waals surface area contributed by atoms with Gasteiger partial charge < -0.3 is 5.32 Å². The van der Waals surface area contributed by atoms with Gasteiger partial charge in [-0.2, -0.15) is 0 Å². The zero-order valence-corrected chi connectivity index (χ0v) is 13.5.